The van der Waals surface area contributed by atoms with Gasteiger partial charge in [0.1, 0.15) is 11.6 Å². The fraction of sp³-hybridized carbons (Fsp3) is 0.467. The van der Waals surface area contributed by atoms with Gasteiger partial charge in [0, 0.05) is 5.56 Å². The van der Waals surface area contributed by atoms with E-state index in [9.17, 15) is 26.0 Å². The topological polar surface area (TPSA) is 43.4 Å². The molecule has 1 aromatic carbocycles. The van der Waals surface area contributed by atoms with Gasteiger partial charge in [-0.15, -0.1) is 13.2 Å². The zero-order valence-corrected chi connectivity index (χ0v) is 12.8. The zero-order valence-electron chi connectivity index (χ0n) is 11.9. The van der Waals surface area contributed by atoms with Gasteiger partial charge < -0.3 is 4.74 Å². The summed E-state index contributed by atoms with van der Waals surface area (Å²) in [5.74, 6) is -1.21. The van der Waals surface area contributed by atoms with Gasteiger partial charge in [-0.2, -0.15) is 0 Å². The van der Waals surface area contributed by atoms with E-state index in [4.69, 9.17) is 0 Å². The lowest BCUT2D eigenvalue weighted by Crippen LogP contribution is -2.38. The van der Waals surface area contributed by atoms with Crippen LogP contribution in [-0.4, -0.2) is 25.3 Å². The first-order valence-electron chi connectivity index (χ1n) is 7.16. The van der Waals surface area contributed by atoms with Crippen LogP contribution < -0.4 is 4.74 Å². The number of allylic oxidation sites excluding steroid dienone is 1. The Kier molecular flexibility index (Phi) is 3.90. The SMILES string of the molecule is O=S1(=O)C2C=C(c3cc(OC(F)(F)F)ccc3F)CC1CCC2. The second-order valence-electron chi connectivity index (χ2n) is 5.77. The summed E-state index contributed by atoms with van der Waals surface area (Å²) in [7, 11) is -3.27. The van der Waals surface area contributed by atoms with E-state index < -0.39 is 38.3 Å². The molecular weight excluding hydrogens is 336 g/mol. The van der Waals surface area contributed by atoms with E-state index in [0.717, 1.165) is 24.6 Å². The summed E-state index contributed by atoms with van der Waals surface area (Å²) in [4.78, 5) is 0. The number of rotatable bonds is 2. The molecule has 3 rings (SSSR count). The van der Waals surface area contributed by atoms with Crippen LogP contribution in [0.1, 0.15) is 31.2 Å². The maximum absolute atomic E-state index is 14.0. The van der Waals surface area contributed by atoms with E-state index in [1.807, 2.05) is 0 Å². The predicted octanol–water partition coefficient (Wildman–Crippen LogP) is 3.85. The highest BCUT2D eigenvalue weighted by atomic mass is 32.2. The number of ether oxygens (including phenoxy) is 1. The summed E-state index contributed by atoms with van der Waals surface area (Å²) < 4.78 is 79.1. The van der Waals surface area contributed by atoms with Crippen molar-refractivity contribution in [3.63, 3.8) is 0 Å². The van der Waals surface area contributed by atoms with Gasteiger partial charge in [0.2, 0.25) is 0 Å². The first-order valence-corrected chi connectivity index (χ1v) is 8.77. The molecule has 2 bridgehead atoms. The predicted molar refractivity (Wildman–Crippen MR) is 76.0 cm³/mol. The van der Waals surface area contributed by atoms with Crippen LogP contribution in [0.2, 0.25) is 0 Å². The molecule has 0 saturated carbocycles. The number of benzene rings is 1. The minimum Gasteiger partial charge on any atom is -0.406 e. The van der Waals surface area contributed by atoms with Crippen LogP contribution in [0.3, 0.4) is 0 Å². The monoisotopic (exact) mass is 350 g/mol. The Morgan fingerprint density at radius 2 is 1.91 bits per heavy atom. The molecule has 0 aromatic heterocycles. The molecule has 2 heterocycles. The zero-order chi connectivity index (χ0) is 16.8. The maximum Gasteiger partial charge on any atom is 0.573 e. The van der Waals surface area contributed by atoms with Gasteiger partial charge in [0.25, 0.3) is 0 Å². The minimum atomic E-state index is -4.87. The summed E-state index contributed by atoms with van der Waals surface area (Å²) in [5, 5.41) is -1.27. The molecule has 3 nitrogen and oxygen atoms in total. The lowest BCUT2D eigenvalue weighted by atomic mass is 9.93. The molecule has 0 N–H and O–H groups in total. The van der Waals surface area contributed by atoms with E-state index in [-0.39, 0.29) is 12.0 Å². The van der Waals surface area contributed by atoms with Gasteiger partial charge in [-0.25, -0.2) is 12.8 Å². The summed E-state index contributed by atoms with van der Waals surface area (Å²) >= 11 is 0. The van der Waals surface area contributed by atoms with Gasteiger partial charge in [-0.3, -0.25) is 0 Å². The molecule has 23 heavy (non-hydrogen) atoms. The van der Waals surface area contributed by atoms with Crippen molar-refractivity contribution in [3.8, 4) is 5.75 Å². The van der Waals surface area contributed by atoms with E-state index in [1.165, 1.54) is 6.08 Å². The standard InChI is InChI=1S/C15H14F4O3S/c16-14-5-4-10(22-15(17,18)19)8-13(14)9-6-11-2-1-3-12(7-9)23(11,20)21/h4-6,8,11-12H,1-3,7H2. The van der Waals surface area contributed by atoms with Crippen molar-refractivity contribution in [1.82, 2.24) is 0 Å². The summed E-state index contributed by atoms with van der Waals surface area (Å²) in [6.07, 6.45) is -1.54. The fourth-order valence-corrected chi connectivity index (χ4v) is 5.45. The highest BCUT2D eigenvalue weighted by Gasteiger charge is 2.41. The lowest BCUT2D eigenvalue weighted by molar-refractivity contribution is -0.274. The smallest absolute Gasteiger partial charge is 0.406 e. The second-order valence-corrected chi connectivity index (χ2v) is 8.22. The lowest BCUT2D eigenvalue weighted by Gasteiger charge is -2.33. The largest absolute Gasteiger partial charge is 0.573 e. The van der Waals surface area contributed by atoms with Gasteiger partial charge in [0.15, 0.2) is 9.84 Å². The van der Waals surface area contributed by atoms with Crippen molar-refractivity contribution in [2.75, 3.05) is 0 Å². The third-order valence-electron chi connectivity index (χ3n) is 4.25. The van der Waals surface area contributed by atoms with Crippen molar-refractivity contribution in [3.05, 3.63) is 35.7 Å². The summed E-state index contributed by atoms with van der Waals surface area (Å²) in [6.45, 7) is 0. The van der Waals surface area contributed by atoms with E-state index in [2.05, 4.69) is 4.74 Å². The number of hydrogen-bond acceptors (Lipinski definition) is 3. The van der Waals surface area contributed by atoms with Crippen LogP contribution in [0.5, 0.6) is 5.75 Å². The highest BCUT2D eigenvalue weighted by molar-refractivity contribution is 7.93. The average molecular weight is 350 g/mol. The first-order chi connectivity index (χ1) is 10.7. The van der Waals surface area contributed by atoms with Gasteiger partial charge in [-0.05, 0) is 43.0 Å². The van der Waals surface area contributed by atoms with Crippen molar-refractivity contribution >= 4 is 15.4 Å². The van der Waals surface area contributed by atoms with Crippen molar-refractivity contribution < 1.29 is 30.7 Å². The molecular formula is C15H14F4O3S. The maximum atomic E-state index is 14.0. The molecule has 0 radical (unpaired) electrons. The fourth-order valence-electron chi connectivity index (χ4n) is 3.20. The third-order valence-corrected chi connectivity index (χ3v) is 6.80. The third kappa shape index (κ3) is 3.22. The Morgan fingerprint density at radius 3 is 2.57 bits per heavy atom. The molecule has 2 aliphatic heterocycles. The number of hydrogen-bond donors (Lipinski definition) is 0. The van der Waals surface area contributed by atoms with Crippen LogP contribution >= 0.6 is 0 Å². The van der Waals surface area contributed by atoms with Crippen LogP contribution in [0.25, 0.3) is 5.57 Å². The normalized spacial score (nSPS) is 26.5. The van der Waals surface area contributed by atoms with Crippen LogP contribution in [0, 0.1) is 5.82 Å². The minimum absolute atomic E-state index is 0.0291. The van der Waals surface area contributed by atoms with Gasteiger partial charge >= 0.3 is 6.36 Å². The number of fused-ring (bicyclic) bond motifs is 2. The van der Waals surface area contributed by atoms with Crippen molar-refractivity contribution in [1.29, 1.82) is 0 Å². The molecule has 0 spiro atoms. The Hall–Kier alpha value is -1.57. The summed E-state index contributed by atoms with van der Waals surface area (Å²) in [6, 6.07) is 2.77. The van der Waals surface area contributed by atoms with Gasteiger partial charge in [0.05, 0.1) is 10.5 Å². The quantitative estimate of drug-likeness (QED) is 0.761. The molecule has 0 amide bonds. The molecule has 2 aliphatic rings. The molecule has 1 aromatic rings. The number of halogens is 4. The first kappa shape index (κ1) is 16.3. The molecule has 1 fully saturated rings. The number of sulfone groups is 1. The van der Waals surface area contributed by atoms with E-state index in [1.54, 1.807) is 0 Å². The molecule has 126 valence electrons. The Morgan fingerprint density at radius 1 is 1.17 bits per heavy atom. The van der Waals surface area contributed by atoms with Crippen LogP contribution in [0.4, 0.5) is 17.6 Å². The van der Waals surface area contributed by atoms with Crippen LogP contribution in [-0.2, 0) is 9.84 Å². The van der Waals surface area contributed by atoms with Gasteiger partial charge in [-0.1, -0.05) is 12.5 Å². The van der Waals surface area contributed by atoms with Crippen LogP contribution in [0.15, 0.2) is 24.3 Å². The molecule has 2 unspecified atom stereocenters. The Bertz CT molecular complexity index is 752. The molecule has 0 aliphatic carbocycles. The van der Waals surface area contributed by atoms with Crippen molar-refractivity contribution in [2.45, 2.75) is 42.5 Å². The number of alkyl halides is 3. The molecule has 1 saturated heterocycles. The van der Waals surface area contributed by atoms with E-state index in [0.29, 0.717) is 18.4 Å². The average Bonchev–Trinajstić information content (AvgIpc) is 2.38. The van der Waals surface area contributed by atoms with Crippen molar-refractivity contribution in [2.24, 2.45) is 0 Å². The molecule has 2 atom stereocenters. The Labute approximate surface area is 130 Å². The summed E-state index contributed by atoms with van der Waals surface area (Å²) in [5.41, 5.74) is 0.401. The highest BCUT2D eigenvalue weighted by Crippen LogP contribution is 2.40. The molecule has 8 heteroatoms. The Balaban J connectivity index is 1.99. The van der Waals surface area contributed by atoms with E-state index >= 15 is 0 Å². The second kappa shape index (κ2) is 5.51.